The van der Waals surface area contributed by atoms with E-state index in [1.165, 1.54) is 34.2 Å². The highest BCUT2D eigenvalue weighted by Gasteiger charge is 2.11. The zero-order valence-electron chi connectivity index (χ0n) is 14.7. The Morgan fingerprint density at radius 2 is 1.88 bits per heavy atom. The molecule has 2 aromatic heterocycles. The van der Waals surface area contributed by atoms with Crippen LogP contribution >= 0.6 is 11.3 Å². The number of anilines is 2. The Morgan fingerprint density at radius 1 is 1.04 bits per heavy atom. The normalized spacial score (nSPS) is 11.5. The monoisotopic (exact) mass is 351 g/mol. The number of oxazole rings is 1. The second kappa shape index (κ2) is 6.48. The van der Waals surface area contributed by atoms with E-state index in [-0.39, 0.29) is 0 Å². The van der Waals surface area contributed by atoms with E-state index in [1.54, 1.807) is 11.3 Å². The molecule has 0 bridgehead atoms. The average Bonchev–Trinajstić information content (AvgIpc) is 3.15. The molecule has 0 saturated heterocycles. The fourth-order valence-corrected chi connectivity index (χ4v) is 3.80. The molecule has 0 spiro atoms. The van der Waals surface area contributed by atoms with Crippen LogP contribution in [0, 0.1) is 13.8 Å². The quantitative estimate of drug-likeness (QED) is 0.469. The van der Waals surface area contributed by atoms with Crippen LogP contribution in [0.4, 0.5) is 11.1 Å². The van der Waals surface area contributed by atoms with Gasteiger partial charge in [-0.05, 0) is 67.6 Å². The predicted molar refractivity (Wildman–Crippen MR) is 105 cm³/mol. The highest BCUT2D eigenvalue weighted by atomic mass is 32.1. The van der Waals surface area contributed by atoms with E-state index < -0.39 is 0 Å². The number of unbranched alkanes of at least 4 members (excludes halogenated alkanes) is 1. The van der Waals surface area contributed by atoms with Crippen molar-refractivity contribution in [1.29, 1.82) is 0 Å². The van der Waals surface area contributed by atoms with Crippen LogP contribution in [0.15, 0.2) is 34.7 Å². The van der Waals surface area contributed by atoms with Crippen LogP contribution in [-0.2, 0) is 6.42 Å². The molecule has 0 aliphatic rings. The third-order valence-electron chi connectivity index (χ3n) is 4.49. The first-order chi connectivity index (χ1) is 12.1. The van der Waals surface area contributed by atoms with Gasteiger partial charge in [0.05, 0.1) is 10.2 Å². The lowest BCUT2D eigenvalue weighted by atomic mass is 10.1. The molecular formula is C20H21N3OS. The van der Waals surface area contributed by atoms with Crippen molar-refractivity contribution in [2.75, 3.05) is 5.32 Å². The summed E-state index contributed by atoms with van der Waals surface area (Å²) in [4.78, 5) is 9.17. The number of aromatic nitrogens is 2. The molecular weight excluding hydrogens is 330 g/mol. The van der Waals surface area contributed by atoms with Crippen molar-refractivity contribution >= 4 is 43.8 Å². The topological polar surface area (TPSA) is 51.0 Å². The summed E-state index contributed by atoms with van der Waals surface area (Å²) < 4.78 is 7.02. The molecule has 128 valence electrons. The second-order valence-electron chi connectivity index (χ2n) is 6.47. The van der Waals surface area contributed by atoms with E-state index >= 15 is 0 Å². The molecule has 2 heterocycles. The number of hydrogen-bond donors (Lipinski definition) is 1. The zero-order valence-corrected chi connectivity index (χ0v) is 15.5. The Morgan fingerprint density at radius 3 is 2.72 bits per heavy atom. The lowest BCUT2D eigenvalue weighted by molar-refractivity contribution is 0.622. The maximum atomic E-state index is 5.83. The predicted octanol–water partition coefficient (Wildman–Crippen LogP) is 6.14. The summed E-state index contributed by atoms with van der Waals surface area (Å²) in [6.07, 6.45) is 3.55. The van der Waals surface area contributed by atoms with E-state index in [0.717, 1.165) is 28.2 Å². The van der Waals surface area contributed by atoms with Crippen LogP contribution in [0.5, 0.6) is 0 Å². The number of rotatable bonds is 5. The van der Waals surface area contributed by atoms with Crippen molar-refractivity contribution in [3.63, 3.8) is 0 Å². The number of fused-ring (bicyclic) bond motifs is 2. The lowest BCUT2D eigenvalue weighted by Crippen LogP contribution is -1.88. The maximum absolute atomic E-state index is 5.83. The Balaban J connectivity index is 1.61. The first-order valence-electron chi connectivity index (χ1n) is 8.66. The van der Waals surface area contributed by atoms with Gasteiger partial charge in [-0.15, -0.1) is 0 Å². The minimum atomic E-state index is 0.491. The third kappa shape index (κ3) is 3.24. The number of aryl methyl sites for hydroxylation is 3. The Labute approximate surface area is 150 Å². The number of nitrogens with zero attached hydrogens (tertiary/aromatic N) is 2. The van der Waals surface area contributed by atoms with Crippen LogP contribution in [-0.4, -0.2) is 9.97 Å². The molecule has 1 N–H and O–H groups in total. The largest absolute Gasteiger partial charge is 0.423 e. The Hall–Kier alpha value is -2.40. The first kappa shape index (κ1) is 16.1. The maximum Gasteiger partial charge on any atom is 0.302 e. The van der Waals surface area contributed by atoms with Gasteiger partial charge < -0.3 is 4.42 Å². The van der Waals surface area contributed by atoms with Gasteiger partial charge in [0.15, 0.2) is 10.7 Å². The van der Waals surface area contributed by atoms with Gasteiger partial charge in [0.1, 0.15) is 5.52 Å². The van der Waals surface area contributed by atoms with Crippen LogP contribution < -0.4 is 5.32 Å². The van der Waals surface area contributed by atoms with E-state index in [1.807, 2.05) is 6.07 Å². The summed E-state index contributed by atoms with van der Waals surface area (Å²) in [6.45, 7) is 6.38. The molecule has 0 saturated carbocycles. The van der Waals surface area contributed by atoms with Gasteiger partial charge in [-0.25, -0.2) is 4.98 Å². The van der Waals surface area contributed by atoms with Crippen molar-refractivity contribution in [3.8, 4) is 0 Å². The fraction of sp³-hybridized carbons (Fsp3) is 0.300. The van der Waals surface area contributed by atoms with E-state index in [4.69, 9.17) is 4.42 Å². The zero-order chi connectivity index (χ0) is 17.4. The molecule has 0 amide bonds. The van der Waals surface area contributed by atoms with Crippen LogP contribution in [0.25, 0.3) is 21.3 Å². The fourth-order valence-electron chi connectivity index (χ4n) is 2.88. The summed E-state index contributed by atoms with van der Waals surface area (Å²) in [7, 11) is 0. The van der Waals surface area contributed by atoms with Gasteiger partial charge in [-0.1, -0.05) is 30.7 Å². The van der Waals surface area contributed by atoms with Crippen LogP contribution in [0.1, 0.15) is 36.5 Å². The van der Waals surface area contributed by atoms with Crippen molar-refractivity contribution in [2.45, 2.75) is 40.0 Å². The molecule has 4 nitrogen and oxygen atoms in total. The molecule has 2 aromatic carbocycles. The summed E-state index contributed by atoms with van der Waals surface area (Å²) in [5, 5.41) is 4.02. The van der Waals surface area contributed by atoms with Gasteiger partial charge >= 0.3 is 6.01 Å². The van der Waals surface area contributed by atoms with Crippen molar-refractivity contribution in [1.82, 2.24) is 9.97 Å². The van der Waals surface area contributed by atoms with Gasteiger partial charge in [-0.3, -0.25) is 5.32 Å². The van der Waals surface area contributed by atoms with E-state index in [2.05, 4.69) is 60.3 Å². The van der Waals surface area contributed by atoms with Gasteiger partial charge in [0.25, 0.3) is 0 Å². The van der Waals surface area contributed by atoms with Crippen LogP contribution in [0.3, 0.4) is 0 Å². The summed E-state index contributed by atoms with van der Waals surface area (Å²) >= 11 is 1.63. The number of hydrogen-bond acceptors (Lipinski definition) is 5. The van der Waals surface area contributed by atoms with Gasteiger partial charge in [-0.2, -0.15) is 4.98 Å². The van der Waals surface area contributed by atoms with Gasteiger partial charge in [0.2, 0.25) is 0 Å². The first-order valence-corrected chi connectivity index (χ1v) is 9.48. The van der Waals surface area contributed by atoms with Crippen LogP contribution in [0.2, 0.25) is 0 Å². The number of nitrogens with one attached hydrogen (secondary N) is 1. The molecule has 5 heteroatoms. The van der Waals surface area contributed by atoms with Crippen molar-refractivity contribution in [2.24, 2.45) is 0 Å². The Kier molecular flexibility index (Phi) is 4.17. The minimum Gasteiger partial charge on any atom is -0.423 e. The smallest absolute Gasteiger partial charge is 0.302 e. The molecule has 0 aliphatic heterocycles. The molecule has 0 atom stereocenters. The number of thiazole rings is 1. The molecule has 0 aliphatic carbocycles. The number of benzene rings is 2. The summed E-state index contributed by atoms with van der Waals surface area (Å²) in [6, 6.07) is 11.1. The minimum absolute atomic E-state index is 0.491. The molecule has 0 fully saturated rings. The van der Waals surface area contributed by atoms with Crippen molar-refractivity contribution < 1.29 is 4.42 Å². The molecule has 25 heavy (non-hydrogen) atoms. The standard InChI is InChI=1S/C20H21N3OS/c1-4-5-6-14-7-8-15-18(11-14)25-20(22-15)23-19-21-16-9-12(2)13(3)10-17(16)24-19/h7-11H,4-6H2,1-3H3,(H,21,22,23). The van der Waals surface area contributed by atoms with Crippen molar-refractivity contribution in [3.05, 3.63) is 47.0 Å². The molecule has 0 unspecified atom stereocenters. The second-order valence-corrected chi connectivity index (χ2v) is 7.50. The highest BCUT2D eigenvalue weighted by Crippen LogP contribution is 2.30. The SMILES string of the molecule is CCCCc1ccc2nc(Nc3nc4cc(C)c(C)cc4o3)sc2c1. The molecule has 4 aromatic rings. The molecule has 0 radical (unpaired) electrons. The third-order valence-corrected chi connectivity index (χ3v) is 5.42. The summed E-state index contributed by atoms with van der Waals surface area (Å²) in [5.41, 5.74) is 6.47. The van der Waals surface area contributed by atoms with E-state index in [9.17, 15) is 0 Å². The summed E-state index contributed by atoms with van der Waals surface area (Å²) in [5.74, 6) is 0. The van der Waals surface area contributed by atoms with E-state index in [0.29, 0.717) is 6.01 Å². The average molecular weight is 351 g/mol. The lowest BCUT2D eigenvalue weighted by Gasteiger charge is -1.98. The van der Waals surface area contributed by atoms with Gasteiger partial charge in [0, 0.05) is 0 Å². The molecule has 4 rings (SSSR count). The Bertz CT molecular complexity index is 1010. The highest BCUT2D eigenvalue weighted by molar-refractivity contribution is 7.22.